The fraction of sp³-hybridized carbons (Fsp3) is 0.875. The van der Waals surface area contributed by atoms with Crippen LogP contribution in [-0.4, -0.2) is 39.4 Å². The molecule has 5 nitrogen and oxygen atoms in total. The molecule has 0 amide bonds. The highest BCUT2D eigenvalue weighted by Gasteiger charge is 2.23. The quantitative estimate of drug-likeness (QED) is 0.618. The minimum Gasteiger partial charge on any atom is -0.393 e. The largest absolute Gasteiger partial charge is 0.393 e. The Kier molecular flexibility index (Phi) is 5.65. The van der Waals surface area contributed by atoms with Gasteiger partial charge >= 0.3 is 0 Å². The molecule has 0 aliphatic carbocycles. The van der Waals surface area contributed by atoms with Gasteiger partial charge in [0.15, 0.2) is 0 Å². The maximum Gasteiger partial charge on any atom is 0.213 e. The summed E-state index contributed by atoms with van der Waals surface area (Å²) in [6.07, 6.45) is 0. The summed E-state index contributed by atoms with van der Waals surface area (Å²) in [5.74, 6) is -0.0586. The first-order valence-corrected chi connectivity index (χ1v) is 6.53. The van der Waals surface area contributed by atoms with E-state index in [4.69, 9.17) is 18.0 Å². The molecule has 0 aromatic carbocycles. The smallest absolute Gasteiger partial charge is 0.213 e. The molecule has 0 fully saturated rings. The Bertz CT molecular complexity index is 312. The molecule has 3 N–H and O–H groups in total. The van der Waals surface area contributed by atoms with E-state index in [-0.39, 0.29) is 23.9 Å². The monoisotopic (exact) mass is 254 g/mol. The molecule has 0 spiro atoms. The number of hydrogen-bond acceptors (Lipinski definition) is 4. The van der Waals surface area contributed by atoms with E-state index >= 15 is 0 Å². The van der Waals surface area contributed by atoms with Crippen LogP contribution in [0.3, 0.4) is 0 Å². The van der Waals surface area contributed by atoms with Gasteiger partial charge in [-0.05, 0) is 0 Å². The Morgan fingerprint density at radius 3 is 2.47 bits per heavy atom. The average molecular weight is 254 g/mol. The van der Waals surface area contributed by atoms with Crippen LogP contribution in [0.2, 0.25) is 0 Å². The summed E-state index contributed by atoms with van der Waals surface area (Å²) in [6.45, 7) is 3.94. The zero-order valence-electron chi connectivity index (χ0n) is 9.24. The van der Waals surface area contributed by atoms with Crippen molar-refractivity contribution in [2.45, 2.75) is 13.8 Å². The zero-order valence-corrected chi connectivity index (χ0v) is 10.9. The van der Waals surface area contributed by atoms with E-state index < -0.39 is 15.4 Å². The molecule has 0 unspecified atom stereocenters. The molecule has 0 aliphatic rings. The number of nitrogens with one attached hydrogen (secondary N) is 1. The van der Waals surface area contributed by atoms with Gasteiger partial charge in [-0.2, -0.15) is 0 Å². The summed E-state index contributed by atoms with van der Waals surface area (Å²) in [5, 5.41) is 0. The Labute approximate surface area is 96.4 Å². The Balaban J connectivity index is 4.21. The molecular formula is C8H18N2O3S2. The molecule has 0 aromatic heterocycles. The van der Waals surface area contributed by atoms with Gasteiger partial charge in [0.1, 0.15) is 0 Å². The molecule has 0 aliphatic heterocycles. The Hall–Kier alpha value is -0.240. The lowest BCUT2D eigenvalue weighted by molar-refractivity contribution is 0.217. The van der Waals surface area contributed by atoms with E-state index in [1.165, 1.54) is 7.11 Å². The highest BCUT2D eigenvalue weighted by Crippen LogP contribution is 2.13. The Morgan fingerprint density at radius 1 is 1.53 bits per heavy atom. The van der Waals surface area contributed by atoms with Crippen LogP contribution >= 0.6 is 12.2 Å². The second-order valence-corrected chi connectivity index (χ2v) is 6.25. The maximum absolute atomic E-state index is 11.4. The van der Waals surface area contributed by atoms with Crippen LogP contribution in [0.4, 0.5) is 0 Å². The van der Waals surface area contributed by atoms with Gasteiger partial charge in [0, 0.05) is 19.1 Å². The van der Waals surface area contributed by atoms with E-state index in [1.54, 1.807) is 13.8 Å². The van der Waals surface area contributed by atoms with Gasteiger partial charge in [-0.25, -0.2) is 13.1 Å². The van der Waals surface area contributed by atoms with Gasteiger partial charge < -0.3 is 10.5 Å². The van der Waals surface area contributed by atoms with Crippen LogP contribution in [0.5, 0.6) is 0 Å². The first-order chi connectivity index (χ1) is 6.71. The number of ether oxygens (including phenoxy) is 1. The zero-order chi connectivity index (χ0) is 12.1. The molecule has 0 saturated heterocycles. The number of hydrogen-bond donors (Lipinski definition) is 2. The van der Waals surface area contributed by atoms with Crippen molar-refractivity contribution >= 4 is 27.2 Å². The minimum absolute atomic E-state index is 0.0586. The third kappa shape index (κ3) is 6.03. The van der Waals surface area contributed by atoms with Crippen LogP contribution in [0.1, 0.15) is 13.8 Å². The van der Waals surface area contributed by atoms with Gasteiger partial charge in [-0.3, -0.25) is 0 Å². The van der Waals surface area contributed by atoms with Gasteiger partial charge in [0.2, 0.25) is 10.0 Å². The molecule has 0 saturated carbocycles. The van der Waals surface area contributed by atoms with E-state index in [9.17, 15) is 8.42 Å². The average Bonchev–Trinajstić information content (AvgIpc) is 2.12. The standard InChI is InChI=1S/C8H18N2O3S2/c1-8(2,7(9)14)6-10-15(11,12)5-4-13-3/h10H,4-6H2,1-3H3,(H2,9,14). The highest BCUT2D eigenvalue weighted by atomic mass is 32.2. The van der Waals surface area contributed by atoms with Crippen molar-refractivity contribution in [1.29, 1.82) is 0 Å². The van der Waals surface area contributed by atoms with Crippen molar-refractivity contribution in [3.05, 3.63) is 0 Å². The number of methoxy groups -OCH3 is 1. The summed E-state index contributed by atoms with van der Waals surface area (Å²) in [7, 11) is -1.85. The van der Waals surface area contributed by atoms with Gasteiger partial charge in [-0.1, -0.05) is 26.1 Å². The van der Waals surface area contributed by atoms with Crippen molar-refractivity contribution in [2.24, 2.45) is 11.1 Å². The van der Waals surface area contributed by atoms with E-state index in [0.717, 1.165) is 0 Å². The van der Waals surface area contributed by atoms with Crippen molar-refractivity contribution in [3.63, 3.8) is 0 Å². The predicted molar refractivity (Wildman–Crippen MR) is 64.2 cm³/mol. The summed E-state index contributed by atoms with van der Waals surface area (Å²) >= 11 is 4.83. The van der Waals surface area contributed by atoms with Gasteiger partial charge in [-0.15, -0.1) is 0 Å². The lowest BCUT2D eigenvalue weighted by atomic mass is 9.94. The fourth-order valence-electron chi connectivity index (χ4n) is 0.643. The minimum atomic E-state index is -3.30. The molecule has 0 radical (unpaired) electrons. The molecule has 0 atom stereocenters. The van der Waals surface area contributed by atoms with Crippen LogP contribution in [-0.2, 0) is 14.8 Å². The molecule has 0 bridgehead atoms. The molecule has 0 aromatic rings. The highest BCUT2D eigenvalue weighted by molar-refractivity contribution is 7.89. The van der Waals surface area contributed by atoms with Crippen molar-refractivity contribution in [2.75, 3.05) is 26.0 Å². The van der Waals surface area contributed by atoms with Crippen molar-refractivity contribution in [3.8, 4) is 0 Å². The second-order valence-electron chi connectivity index (χ2n) is 3.88. The van der Waals surface area contributed by atoms with Crippen molar-refractivity contribution in [1.82, 2.24) is 4.72 Å². The maximum atomic E-state index is 11.4. The van der Waals surface area contributed by atoms with Gasteiger partial charge in [0.05, 0.1) is 17.3 Å². The number of rotatable bonds is 7. The summed E-state index contributed by atoms with van der Waals surface area (Å²) in [6, 6.07) is 0. The third-order valence-corrected chi connectivity index (χ3v) is 3.80. The topological polar surface area (TPSA) is 81.4 Å². The molecular weight excluding hydrogens is 236 g/mol. The van der Waals surface area contributed by atoms with Crippen molar-refractivity contribution < 1.29 is 13.2 Å². The molecule has 15 heavy (non-hydrogen) atoms. The number of nitrogens with two attached hydrogens (primary N) is 1. The number of thiocarbonyl (C=S) groups is 1. The normalized spacial score (nSPS) is 12.7. The fourth-order valence-corrected chi connectivity index (χ4v) is 1.83. The molecule has 90 valence electrons. The number of sulfonamides is 1. The first kappa shape index (κ1) is 14.8. The predicted octanol–water partition coefficient (Wildman–Crippen LogP) is -0.135. The summed E-state index contributed by atoms with van der Waals surface area (Å²) in [4.78, 5) is 0.289. The molecule has 7 heteroatoms. The van der Waals surface area contributed by atoms with E-state index in [2.05, 4.69) is 9.46 Å². The van der Waals surface area contributed by atoms with Crippen LogP contribution in [0, 0.1) is 5.41 Å². The SMILES string of the molecule is COCCS(=O)(=O)NCC(C)(C)C(N)=S. The molecule has 0 rings (SSSR count). The van der Waals surface area contributed by atoms with E-state index in [0.29, 0.717) is 0 Å². The molecule has 0 heterocycles. The summed E-state index contributed by atoms with van der Waals surface area (Å²) < 4.78 is 29.9. The third-order valence-electron chi connectivity index (χ3n) is 1.96. The lowest BCUT2D eigenvalue weighted by Crippen LogP contribution is -2.42. The van der Waals surface area contributed by atoms with Crippen LogP contribution in [0.25, 0.3) is 0 Å². The summed E-state index contributed by atoms with van der Waals surface area (Å²) in [5.41, 5.74) is 4.95. The van der Waals surface area contributed by atoms with Gasteiger partial charge in [0.25, 0.3) is 0 Å². The first-order valence-electron chi connectivity index (χ1n) is 4.47. The van der Waals surface area contributed by atoms with E-state index in [1.807, 2.05) is 0 Å². The lowest BCUT2D eigenvalue weighted by Gasteiger charge is -2.23. The van der Waals surface area contributed by atoms with Crippen LogP contribution < -0.4 is 10.5 Å². The Morgan fingerprint density at radius 2 is 2.07 bits per heavy atom. The second kappa shape index (κ2) is 5.74. The van der Waals surface area contributed by atoms with Crippen LogP contribution in [0.15, 0.2) is 0 Å².